The van der Waals surface area contributed by atoms with E-state index in [1.165, 1.54) is 0 Å². The molecule has 0 saturated heterocycles. The standard InChI is InChI=1S/C13H40N2Si5/c1-16(14(17(2,3)4)18(5,6)7)15(19(8,9)10)20(11,12)13/h16H,1-13H3. The van der Waals surface area contributed by atoms with Gasteiger partial charge in [0.15, 0.2) is 9.12 Å². The second-order valence-electron chi connectivity index (χ2n) is 10.1. The molecule has 0 fully saturated rings. The van der Waals surface area contributed by atoms with Crippen molar-refractivity contribution >= 4 is 42.1 Å². The second kappa shape index (κ2) is 6.25. The molecule has 0 aromatic heterocycles. The Balaban J connectivity index is 5.81. The molecule has 0 amide bonds. The Morgan fingerprint density at radius 2 is 0.600 bits per heavy atom. The van der Waals surface area contributed by atoms with E-state index >= 15 is 0 Å². The molecule has 0 unspecified atom stereocenters. The molecule has 0 spiro atoms. The van der Waals surface area contributed by atoms with Crippen LogP contribution in [0.25, 0.3) is 0 Å². The number of hydrogen-bond donors (Lipinski definition) is 0. The van der Waals surface area contributed by atoms with E-state index in [1.54, 1.807) is 0 Å². The van der Waals surface area contributed by atoms with Crippen LogP contribution in [0.1, 0.15) is 0 Å². The average molecular weight is 365 g/mol. The van der Waals surface area contributed by atoms with Crippen LogP contribution in [-0.2, 0) is 0 Å². The fourth-order valence-electron chi connectivity index (χ4n) is 4.37. The van der Waals surface area contributed by atoms with Crippen molar-refractivity contribution in [2.24, 2.45) is 0 Å². The zero-order valence-corrected chi connectivity index (χ0v) is 21.6. The quantitative estimate of drug-likeness (QED) is 0.626. The van der Waals surface area contributed by atoms with Gasteiger partial charge in [0.05, 0.1) is 0 Å². The minimum Gasteiger partial charge on any atom is -0.360 e. The predicted molar refractivity (Wildman–Crippen MR) is 110 cm³/mol. The molecule has 0 rings (SSSR count). The maximum atomic E-state index is 3.12. The Labute approximate surface area is 135 Å². The molecule has 20 heavy (non-hydrogen) atoms. The summed E-state index contributed by atoms with van der Waals surface area (Å²) in [5.74, 6) is 0. The molecular formula is C13H40N2Si5. The summed E-state index contributed by atoms with van der Waals surface area (Å²) in [6.45, 7) is 33.3. The highest BCUT2D eigenvalue weighted by molar-refractivity contribution is 7.06. The van der Waals surface area contributed by atoms with Crippen LogP contribution in [0.3, 0.4) is 0 Å². The normalized spacial score (nSPS) is 15.6. The summed E-state index contributed by atoms with van der Waals surface area (Å²) in [6, 6.07) is 0. The van der Waals surface area contributed by atoms with E-state index in [1.807, 2.05) is 0 Å². The zero-order chi connectivity index (χ0) is 16.7. The molecule has 2 nitrogen and oxygen atoms in total. The average Bonchev–Trinajstić information content (AvgIpc) is 1.88. The Hall–Kier alpha value is 1.00. The lowest BCUT2D eigenvalue weighted by Gasteiger charge is -2.57. The van der Waals surface area contributed by atoms with Crippen molar-refractivity contribution in [3.8, 4) is 0 Å². The van der Waals surface area contributed by atoms with Crippen molar-refractivity contribution in [2.75, 3.05) is 0 Å². The smallest absolute Gasteiger partial charge is 0.160 e. The first-order valence-electron chi connectivity index (χ1n) is 7.99. The maximum absolute atomic E-state index is 3.12. The van der Waals surface area contributed by atoms with Crippen LogP contribution in [0.2, 0.25) is 85.1 Å². The molecule has 0 atom stereocenters. The van der Waals surface area contributed by atoms with Gasteiger partial charge in [-0.2, -0.15) is 0 Å². The van der Waals surface area contributed by atoms with Crippen LogP contribution in [0.15, 0.2) is 0 Å². The summed E-state index contributed by atoms with van der Waals surface area (Å²) < 4.78 is 6.24. The summed E-state index contributed by atoms with van der Waals surface area (Å²) in [5, 5.41) is 0. The monoisotopic (exact) mass is 364 g/mol. The molecule has 0 aromatic carbocycles. The number of hydrogen-bond acceptors (Lipinski definition) is 2. The molecule has 7 heteroatoms. The number of rotatable bonds is 6. The van der Waals surface area contributed by atoms with Gasteiger partial charge in [-0.3, -0.25) is 0 Å². The first-order valence-corrected chi connectivity index (χ1v) is 24.0. The van der Waals surface area contributed by atoms with Crippen LogP contribution in [-0.4, -0.2) is 49.9 Å². The van der Waals surface area contributed by atoms with Crippen LogP contribution in [0, 0.1) is 0 Å². The minimum absolute atomic E-state index is 1.02. The lowest BCUT2D eigenvalue weighted by atomic mass is 11.8. The minimum atomic E-state index is -1.25. The largest absolute Gasteiger partial charge is 0.360 e. The lowest BCUT2D eigenvalue weighted by Crippen LogP contribution is -2.76. The van der Waals surface area contributed by atoms with Gasteiger partial charge in [0.1, 0.15) is 32.9 Å². The molecular weight excluding hydrogens is 325 g/mol. The van der Waals surface area contributed by atoms with Gasteiger partial charge >= 0.3 is 0 Å². The molecule has 0 aliphatic carbocycles. The van der Waals surface area contributed by atoms with Crippen molar-refractivity contribution in [2.45, 2.75) is 85.1 Å². The summed E-state index contributed by atoms with van der Waals surface area (Å²) in [5.41, 5.74) is 0. The summed E-state index contributed by atoms with van der Waals surface area (Å²) in [4.78, 5) is 0. The van der Waals surface area contributed by atoms with Gasteiger partial charge in [-0.05, 0) is 6.55 Å². The van der Waals surface area contributed by atoms with Crippen molar-refractivity contribution in [3.05, 3.63) is 0 Å². The highest BCUT2D eigenvalue weighted by Crippen LogP contribution is 2.29. The molecule has 0 bridgehead atoms. The van der Waals surface area contributed by atoms with Gasteiger partial charge in [-0.25, -0.2) is 0 Å². The van der Waals surface area contributed by atoms with Gasteiger partial charge in [-0.15, -0.1) is 0 Å². The summed E-state index contributed by atoms with van der Waals surface area (Å²) in [7, 11) is -6.00. The molecule has 0 aliphatic heterocycles. The van der Waals surface area contributed by atoms with E-state index in [0.717, 1.165) is 0 Å². The lowest BCUT2D eigenvalue weighted by molar-refractivity contribution is 0.799. The third kappa shape index (κ3) is 5.66. The van der Waals surface area contributed by atoms with E-state index in [-0.39, 0.29) is 0 Å². The zero-order valence-electron chi connectivity index (χ0n) is 16.5. The van der Waals surface area contributed by atoms with Crippen molar-refractivity contribution in [1.82, 2.24) is 7.79 Å². The van der Waals surface area contributed by atoms with Crippen molar-refractivity contribution in [1.29, 1.82) is 0 Å². The van der Waals surface area contributed by atoms with E-state index in [9.17, 15) is 0 Å². The van der Waals surface area contributed by atoms with Gasteiger partial charge in [0.25, 0.3) is 0 Å². The van der Waals surface area contributed by atoms with Crippen LogP contribution < -0.4 is 0 Å². The summed E-state index contributed by atoms with van der Waals surface area (Å²) in [6.07, 6.45) is 0. The van der Waals surface area contributed by atoms with Gasteiger partial charge in [0.2, 0.25) is 0 Å². The maximum Gasteiger partial charge on any atom is 0.160 e. The van der Waals surface area contributed by atoms with Crippen LogP contribution in [0.4, 0.5) is 0 Å². The Bertz CT molecular complexity index is 260. The molecule has 0 aromatic rings. The first-order chi connectivity index (χ1) is 8.40. The van der Waals surface area contributed by atoms with E-state index in [0.29, 0.717) is 0 Å². The molecule has 0 heterocycles. The molecule has 0 aliphatic rings. The SMILES string of the molecule is C[SiH](N([Si](C)(C)C)[Si](C)(C)C)N([Si](C)(C)C)[Si](C)(C)C. The highest BCUT2D eigenvalue weighted by atomic mass is 28.5. The fraction of sp³-hybridized carbons (Fsp3) is 1.00. The Morgan fingerprint density at radius 3 is 0.700 bits per heavy atom. The predicted octanol–water partition coefficient (Wildman–Crippen LogP) is 4.78. The highest BCUT2D eigenvalue weighted by Gasteiger charge is 2.46. The van der Waals surface area contributed by atoms with Gasteiger partial charge in [-0.1, -0.05) is 78.6 Å². The first kappa shape index (κ1) is 21.0. The summed E-state index contributed by atoms with van der Waals surface area (Å²) >= 11 is 0. The third-order valence-electron chi connectivity index (χ3n) is 3.64. The van der Waals surface area contributed by atoms with Crippen molar-refractivity contribution < 1.29 is 0 Å². The Morgan fingerprint density at radius 1 is 0.450 bits per heavy atom. The molecule has 122 valence electrons. The van der Waals surface area contributed by atoms with E-state index in [4.69, 9.17) is 0 Å². The van der Waals surface area contributed by atoms with E-state index < -0.39 is 42.1 Å². The second-order valence-corrected chi connectivity index (χ2v) is 34.6. The molecule has 0 radical (unpaired) electrons. The molecule has 0 N–H and O–H groups in total. The van der Waals surface area contributed by atoms with E-state index in [2.05, 4.69) is 92.9 Å². The number of nitrogens with zero attached hydrogens (tertiary/aromatic N) is 2. The third-order valence-corrected chi connectivity index (χ3v) is 32.7. The van der Waals surface area contributed by atoms with Gasteiger partial charge < -0.3 is 7.79 Å². The fourth-order valence-corrected chi connectivity index (χ4v) is 41.4. The molecule has 0 saturated carbocycles. The van der Waals surface area contributed by atoms with Gasteiger partial charge in [0, 0.05) is 0 Å². The Kier molecular flexibility index (Phi) is 6.56. The van der Waals surface area contributed by atoms with Crippen molar-refractivity contribution in [3.63, 3.8) is 0 Å². The van der Waals surface area contributed by atoms with Crippen LogP contribution in [0.5, 0.6) is 0 Å². The van der Waals surface area contributed by atoms with Crippen LogP contribution >= 0.6 is 0 Å². The topological polar surface area (TPSA) is 6.48 Å².